The Morgan fingerprint density at radius 1 is 1.13 bits per heavy atom. The Morgan fingerprint density at radius 2 is 1.87 bits per heavy atom. The molecule has 1 aromatic rings. The number of nitrogens with one attached hydrogen (secondary N) is 1. The lowest BCUT2D eigenvalue weighted by Gasteiger charge is -2.30. The number of aliphatic hydroxyl groups excluding tert-OH is 1. The van der Waals surface area contributed by atoms with E-state index in [1.54, 1.807) is 6.92 Å². The number of carbonyl (C=O) groups is 1. The van der Waals surface area contributed by atoms with Gasteiger partial charge >= 0.3 is 0 Å². The van der Waals surface area contributed by atoms with Crippen molar-refractivity contribution in [1.82, 2.24) is 20.2 Å². The molecule has 1 saturated carbocycles. The third-order valence-corrected chi connectivity index (χ3v) is 6.62. The summed E-state index contributed by atoms with van der Waals surface area (Å²) in [6.45, 7) is 13.2. The third-order valence-electron chi connectivity index (χ3n) is 6.62. The molecule has 3 rings (SSSR count). The van der Waals surface area contributed by atoms with Gasteiger partial charge in [0.2, 0.25) is 5.91 Å². The van der Waals surface area contributed by atoms with Crippen LogP contribution in [0, 0.1) is 5.92 Å². The molecule has 7 nitrogen and oxygen atoms in total. The second kappa shape index (κ2) is 10.7. The van der Waals surface area contributed by atoms with Gasteiger partial charge < -0.3 is 20.2 Å². The van der Waals surface area contributed by atoms with E-state index in [0.717, 1.165) is 69.5 Å². The van der Waals surface area contributed by atoms with E-state index in [-0.39, 0.29) is 17.9 Å². The molecule has 2 fully saturated rings. The van der Waals surface area contributed by atoms with Crippen LogP contribution in [-0.2, 0) is 16.8 Å². The number of amides is 1. The molecule has 31 heavy (non-hydrogen) atoms. The molecule has 0 unspecified atom stereocenters. The van der Waals surface area contributed by atoms with Gasteiger partial charge in [0, 0.05) is 44.1 Å². The van der Waals surface area contributed by atoms with E-state index in [0.29, 0.717) is 11.7 Å². The van der Waals surface area contributed by atoms with Crippen LogP contribution < -0.4 is 10.2 Å². The molecule has 1 saturated heterocycles. The van der Waals surface area contributed by atoms with Crippen molar-refractivity contribution >= 4 is 11.7 Å². The van der Waals surface area contributed by atoms with Crippen LogP contribution in [0.25, 0.3) is 0 Å². The van der Waals surface area contributed by atoms with Gasteiger partial charge in [-0.2, -0.15) is 0 Å². The summed E-state index contributed by atoms with van der Waals surface area (Å²) < 4.78 is 0. The number of aliphatic hydroxyl groups is 1. The first-order valence-corrected chi connectivity index (χ1v) is 12.0. The number of hydrogen-bond donors (Lipinski definition) is 2. The predicted octanol–water partition coefficient (Wildman–Crippen LogP) is 2.86. The molecule has 0 aromatic carbocycles. The van der Waals surface area contributed by atoms with Crippen LogP contribution >= 0.6 is 0 Å². The van der Waals surface area contributed by atoms with E-state index in [1.807, 2.05) is 6.07 Å². The minimum Gasteiger partial charge on any atom is -0.390 e. The topological polar surface area (TPSA) is 81.6 Å². The highest BCUT2D eigenvalue weighted by molar-refractivity contribution is 5.73. The summed E-state index contributed by atoms with van der Waals surface area (Å²) in [5, 5.41) is 12.7. The van der Waals surface area contributed by atoms with Crippen LogP contribution in [-0.4, -0.2) is 64.6 Å². The molecule has 2 aliphatic rings. The normalized spacial score (nSPS) is 23.5. The zero-order valence-electron chi connectivity index (χ0n) is 19.9. The zero-order chi connectivity index (χ0) is 22.4. The molecule has 1 aliphatic heterocycles. The van der Waals surface area contributed by atoms with Crippen molar-refractivity contribution < 1.29 is 9.90 Å². The largest absolute Gasteiger partial charge is 0.390 e. The first kappa shape index (κ1) is 23.9. The Hall–Kier alpha value is -1.73. The van der Waals surface area contributed by atoms with Crippen LogP contribution in [0.4, 0.5) is 5.82 Å². The zero-order valence-corrected chi connectivity index (χ0v) is 19.9. The van der Waals surface area contributed by atoms with E-state index in [9.17, 15) is 9.90 Å². The average molecular weight is 432 g/mol. The molecular weight excluding hydrogens is 390 g/mol. The average Bonchev–Trinajstić information content (AvgIpc) is 2.97. The molecule has 2 heterocycles. The van der Waals surface area contributed by atoms with Crippen molar-refractivity contribution in [1.29, 1.82) is 0 Å². The van der Waals surface area contributed by atoms with Crippen molar-refractivity contribution in [2.24, 2.45) is 5.92 Å². The molecule has 174 valence electrons. The van der Waals surface area contributed by atoms with Crippen LogP contribution in [0.5, 0.6) is 0 Å². The predicted molar refractivity (Wildman–Crippen MR) is 124 cm³/mol. The van der Waals surface area contributed by atoms with Crippen LogP contribution in [0.2, 0.25) is 0 Å². The van der Waals surface area contributed by atoms with E-state index in [1.165, 1.54) is 19.3 Å². The number of rotatable bonds is 6. The highest BCUT2D eigenvalue weighted by atomic mass is 16.3. The van der Waals surface area contributed by atoms with E-state index in [4.69, 9.17) is 4.98 Å². The quantitative estimate of drug-likeness (QED) is 0.721. The maximum Gasteiger partial charge on any atom is 0.217 e. The molecular formula is C24H41N5O2. The first-order valence-electron chi connectivity index (χ1n) is 12.0. The van der Waals surface area contributed by atoms with Gasteiger partial charge in [0.25, 0.3) is 0 Å². The first-order chi connectivity index (χ1) is 14.7. The van der Waals surface area contributed by atoms with Crippen LogP contribution in [0.3, 0.4) is 0 Å². The van der Waals surface area contributed by atoms with Gasteiger partial charge in [-0.15, -0.1) is 0 Å². The highest BCUT2D eigenvalue weighted by Crippen LogP contribution is 2.28. The number of anilines is 1. The SMILES string of the molecule is CC(=O)NC1CCC(CCN2CCCN(c3cc(CO)nc(C(C)(C)C)n3)CC2)CC1. The summed E-state index contributed by atoms with van der Waals surface area (Å²) in [5.41, 5.74) is 0.558. The Kier molecular flexibility index (Phi) is 8.28. The molecule has 0 radical (unpaired) electrons. The van der Waals surface area contributed by atoms with Gasteiger partial charge in [-0.25, -0.2) is 9.97 Å². The van der Waals surface area contributed by atoms with Gasteiger partial charge in [-0.3, -0.25) is 4.79 Å². The molecule has 1 aromatic heterocycles. The summed E-state index contributed by atoms with van der Waals surface area (Å²) in [5.74, 6) is 2.63. The summed E-state index contributed by atoms with van der Waals surface area (Å²) in [6.07, 6.45) is 7.07. The van der Waals surface area contributed by atoms with Crippen molar-refractivity contribution in [3.05, 3.63) is 17.6 Å². The van der Waals surface area contributed by atoms with Gasteiger partial charge in [-0.1, -0.05) is 20.8 Å². The Morgan fingerprint density at radius 3 is 2.52 bits per heavy atom. The maximum atomic E-state index is 11.2. The fourth-order valence-corrected chi connectivity index (χ4v) is 4.73. The van der Waals surface area contributed by atoms with E-state index >= 15 is 0 Å². The van der Waals surface area contributed by atoms with Gasteiger partial charge in [0.1, 0.15) is 11.6 Å². The lowest BCUT2D eigenvalue weighted by atomic mass is 9.84. The summed E-state index contributed by atoms with van der Waals surface area (Å²) in [6, 6.07) is 2.33. The van der Waals surface area contributed by atoms with Gasteiger partial charge in [-0.05, 0) is 57.5 Å². The smallest absolute Gasteiger partial charge is 0.217 e. The summed E-state index contributed by atoms with van der Waals surface area (Å²) in [7, 11) is 0. The maximum absolute atomic E-state index is 11.2. The van der Waals surface area contributed by atoms with Crippen LogP contribution in [0.1, 0.15) is 77.7 Å². The van der Waals surface area contributed by atoms with E-state index < -0.39 is 0 Å². The molecule has 2 N–H and O–H groups in total. The Balaban J connectivity index is 1.50. The van der Waals surface area contributed by atoms with Crippen LogP contribution in [0.15, 0.2) is 6.07 Å². The van der Waals surface area contributed by atoms with Gasteiger partial charge in [0.15, 0.2) is 0 Å². The summed E-state index contributed by atoms with van der Waals surface area (Å²) >= 11 is 0. The molecule has 0 bridgehead atoms. The molecule has 0 spiro atoms. The number of carbonyl (C=O) groups excluding carboxylic acids is 1. The Bertz CT molecular complexity index is 725. The number of aromatic nitrogens is 2. The van der Waals surface area contributed by atoms with Crippen molar-refractivity contribution in [2.45, 2.75) is 84.3 Å². The molecule has 7 heteroatoms. The van der Waals surface area contributed by atoms with Crippen molar-refractivity contribution in [3.63, 3.8) is 0 Å². The standard InChI is InChI=1S/C24H41N5O2/c1-18(31)25-20-8-6-19(7-9-20)10-13-28-11-5-12-29(15-14-28)22-16-21(17-30)26-23(27-22)24(2,3)4/h16,19-20,30H,5-15,17H2,1-4H3,(H,25,31). The fourth-order valence-electron chi connectivity index (χ4n) is 4.73. The van der Waals surface area contributed by atoms with Gasteiger partial charge in [0.05, 0.1) is 12.3 Å². The molecule has 0 atom stereocenters. The monoisotopic (exact) mass is 431 g/mol. The molecule has 1 aliphatic carbocycles. The second-order valence-electron chi connectivity index (χ2n) is 10.3. The Labute approximate surface area is 187 Å². The van der Waals surface area contributed by atoms with Crippen molar-refractivity contribution in [3.8, 4) is 0 Å². The minimum atomic E-state index is -0.142. The van der Waals surface area contributed by atoms with Crippen molar-refractivity contribution in [2.75, 3.05) is 37.6 Å². The lowest BCUT2D eigenvalue weighted by Crippen LogP contribution is -2.37. The minimum absolute atomic E-state index is 0.0528. The summed E-state index contributed by atoms with van der Waals surface area (Å²) in [4.78, 5) is 25.6. The molecule has 1 amide bonds. The second-order valence-corrected chi connectivity index (χ2v) is 10.3. The van der Waals surface area contributed by atoms with E-state index in [2.05, 4.69) is 40.9 Å². The lowest BCUT2D eigenvalue weighted by molar-refractivity contribution is -0.119. The number of nitrogens with zero attached hydrogens (tertiary/aromatic N) is 4. The highest BCUT2D eigenvalue weighted by Gasteiger charge is 2.24. The fraction of sp³-hybridized carbons (Fsp3) is 0.792. The third kappa shape index (κ3) is 7.14. The number of hydrogen-bond acceptors (Lipinski definition) is 6.